The SMILES string of the molecule is COc1ccc(/C=C/C(=O)c2ccc(N)cn2)cc1OC. The van der Waals surface area contributed by atoms with Crippen LogP contribution >= 0.6 is 0 Å². The third-order valence-electron chi connectivity index (χ3n) is 2.87. The van der Waals surface area contributed by atoms with E-state index in [1.54, 1.807) is 44.6 Å². The Morgan fingerprint density at radius 3 is 2.52 bits per heavy atom. The fraction of sp³-hybridized carbons (Fsp3) is 0.125. The van der Waals surface area contributed by atoms with Crippen LogP contribution in [0.3, 0.4) is 0 Å². The van der Waals surface area contributed by atoms with E-state index < -0.39 is 0 Å². The van der Waals surface area contributed by atoms with Crippen LogP contribution in [0.5, 0.6) is 11.5 Å². The maximum atomic E-state index is 12.0. The van der Waals surface area contributed by atoms with Crippen molar-refractivity contribution in [1.82, 2.24) is 4.98 Å². The second-order valence-electron chi connectivity index (χ2n) is 4.29. The molecule has 0 aliphatic carbocycles. The van der Waals surface area contributed by atoms with Crippen molar-refractivity contribution in [2.45, 2.75) is 0 Å². The summed E-state index contributed by atoms with van der Waals surface area (Å²) in [4.78, 5) is 15.9. The quantitative estimate of drug-likeness (QED) is 0.674. The third-order valence-corrected chi connectivity index (χ3v) is 2.87. The minimum absolute atomic E-state index is 0.190. The van der Waals surface area contributed by atoms with Gasteiger partial charge in [-0.15, -0.1) is 0 Å². The first-order valence-electron chi connectivity index (χ1n) is 6.30. The highest BCUT2D eigenvalue weighted by Crippen LogP contribution is 2.27. The number of benzene rings is 1. The van der Waals surface area contributed by atoms with E-state index in [0.29, 0.717) is 22.9 Å². The zero-order chi connectivity index (χ0) is 15.2. The second-order valence-corrected chi connectivity index (χ2v) is 4.29. The van der Waals surface area contributed by atoms with Crippen LogP contribution in [0.15, 0.2) is 42.6 Å². The predicted octanol–water partition coefficient (Wildman–Crippen LogP) is 2.58. The van der Waals surface area contributed by atoms with Gasteiger partial charge in [-0.1, -0.05) is 12.1 Å². The molecule has 5 heteroatoms. The summed E-state index contributed by atoms with van der Waals surface area (Å²) >= 11 is 0. The molecule has 0 spiro atoms. The number of carbonyl (C=O) groups is 1. The molecule has 0 bridgehead atoms. The molecule has 0 atom stereocenters. The highest BCUT2D eigenvalue weighted by atomic mass is 16.5. The first-order valence-corrected chi connectivity index (χ1v) is 6.30. The topological polar surface area (TPSA) is 74.4 Å². The van der Waals surface area contributed by atoms with Crippen molar-refractivity contribution < 1.29 is 14.3 Å². The molecule has 1 heterocycles. The minimum Gasteiger partial charge on any atom is -0.493 e. The van der Waals surface area contributed by atoms with Crippen molar-refractivity contribution in [2.75, 3.05) is 20.0 Å². The molecular weight excluding hydrogens is 268 g/mol. The molecule has 0 saturated heterocycles. The van der Waals surface area contributed by atoms with Crippen LogP contribution in [0.4, 0.5) is 5.69 Å². The van der Waals surface area contributed by atoms with Gasteiger partial charge in [-0.2, -0.15) is 0 Å². The average Bonchev–Trinajstić information content (AvgIpc) is 2.52. The summed E-state index contributed by atoms with van der Waals surface area (Å²) in [5, 5.41) is 0. The number of nitrogens with zero attached hydrogens (tertiary/aromatic N) is 1. The average molecular weight is 284 g/mol. The largest absolute Gasteiger partial charge is 0.493 e. The van der Waals surface area contributed by atoms with E-state index in [2.05, 4.69) is 4.98 Å². The second kappa shape index (κ2) is 6.56. The summed E-state index contributed by atoms with van der Waals surface area (Å²) in [6.45, 7) is 0. The summed E-state index contributed by atoms with van der Waals surface area (Å²) in [7, 11) is 3.14. The van der Waals surface area contributed by atoms with E-state index in [4.69, 9.17) is 15.2 Å². The van der Waals surface area contributed by atoms with Crippen LogP contribution in [0.2, 0.25) is 0 Å². The molecular formula is C16H16N2O3. The number of pyridine rings is 1. The van der Waals surface area contributed by atoms with E-state index in [9.17, 15) is 4.79 Å². The lowest BCUT2D eigenvalue weighted by Crippen LogP contribution is -1.98. The molecule has 2 N–H and O–H groups in total. The highest BCUT2D eigenvalue weighted by Gasteiger charge is 2.05. The number of carbonyl (C=O) groups excluding carboxylic acids is 1. The van der Waals surface area contributed by atoms with E-state index in [1.807, 2.05) is 6.07 Å². The van der Waals surface area contributed by atoms with Crippen LogP contribution in [0.25, 0.3) is 6.08 Å². The molecule has 0 aliphatic heterocycles. The Morgan fingerprint density at radius 2 is 1.90 bits per heavy atom. The summed E-state index contributed by atoms with van der Waals surface area (Å²) < 4.78 is 10.4. The molecule has 2 rings (SSSR count). The number of hydrogen-bond donors (Lipinski definition) is 1. The van der Waals surface area contributed by atoms with Gasteiger partial charge in [0, 0.05) is 0 Å². The summed E-state index contributed by atoms with van der Waals surface area (Å²) in [5.41, 5.74) is 7.24. The van der Waals surface area contributed by atoms with Gasteiger partial charge in [-0.3, -0.25) is 9.78 Å². The van der Waals surface area contributed by atoms with Gasteiger partial charge in [-0.25, -0.2) is 0 Å². The zero-order valence-electron chi connectivity index (χ0n) is 11.9. The zero-order valence-corrected chi connectivity index (χ0v) is 11.9. The first kappa shape index (κ1) is 14.6. The molecule has 1 aromatic heterocycles. The number of anilines is 1. The number of methoxy groups -OCH3 is 2. The van der Waals surface area contributed by atoms with Crippen LogP contribution < -0.4 is 15.2 Å². The third kappa shape index (κ3) is 3.60. The maximum absolute atomic E-state index is 12.0. The first-order chi connectivity index (χ1) is 10.1. The Labute approximate surface area is 123 Å². The maximum Gasteiger partial charge on any atom is 0.204 e. The molecule has 21 heavy (non-hydrogen) atoms. The minimum atomic E-state index is -0.190. The predicted molar refractivity (Wildman–Crippen MR) is 81.6 cm³/mol. The fourth-order valence-electron chi connectivity index (χ4n) is 1.76. The van der Waals surface area contributed by atoms with Crippen molar-refractivity contribution in [1.29, 1.82) is 0 Å². The normalized spacial score (nSPS) is 10.6. The van der Waals surface area contributed by atoms with E-state index >= 15 is 0 Å². The number of nitrogen functional groups attached to an aromatic ring is 1. The van der Waals surface area contributed by atoms with Gasteiger partial charge in [0.15, 0.2) is 11.5 Å². The van der Waals surface area contributed by atoms with Crippen molar-refractivity contribution >= 4 is 17.5 Å². The lowest BCUT2D eigenvalue weighted by molar-refractivity contribution is 0.104. The Kier molecular flexibility index (Phi) is 4.56. The molecule has 0 fully saturated rings. The van der Waals surface area contributed by atoms with Crippen LogP contribution in [-0.2, 0) is 0 Å². The Hall–Kier alpha value is -2.82. The molecule has 0 amide bonds. The highest BCUT2D eigenvalue weighted by molar-refractivity contribution is 6.05. The van der Waals surface area contributed by atoms with Gasteiger partial charge < -0.3 is 15.2 Å². The summed E-state index contributed by atoms with van der Waals surface area (Å²) in [5.74, 6) is 1.06. The van der Waals surface area contributed by atoms with Gasteiger partial charge in [0.2, 0.25) is 5.78 Å². The monoisotopic (exact) mass is 284 g/mol. The number of ketones is 1. The summed E-state index contributed by atoms with van der Waals surface area (Å²) in [6.07, 6.45) is 4.61. The van der Waals surface area contributed by atoms with Crippen LogP contribution in [0, 0.1) is 0 Å². The number of ether oxygens (including phenoxy) is 2. The van der Waals surface area contributed by atoms with Gasteiger partial charge >= 0.3 is 0 Å². The molecule has 0 aliphatic rings. The molecule has 1 aromatic carbocycles. The van der Waals surface area contributed by atoms with E-state index in [1.165, 1.54) is 12.3 Å². The van der Waals surface area contributed by atoms with Crippen molar-refractivity contribution in [3.05, 3.63) is 53.9 Å². The van der Waals surface area contributed by atoms with Crippen LogP contribution in [0.1, 0.15) is 16.1 Å². The number of rotatable bonds is 5. The van der Waals surface area contributed by atoms with Gasteiger partial charge in [0.25, 0.3) is 0 Å². The lowest BCUT2D eigenvalue weighted by atomic mass is 10.1. The number of nitrogens with two attached hydrogens (primary N) is 1. The number of allylic oxidation sites excluding steroid dienone is 1. The Morgan fingerprint density at radius 1 is 1.14 bits per heavy atom. The van der Waals surface area contributed by atoms with E-state index in [-0.39, 0.29) is 5.78 Å². The molecule has 0 unspecified atom stereocenters. The Bertz CT molecular complexity index is 664. The smallest absolute Gasteiger partial charge is 0.204 e. The van der Waals surface area contributed by atoms with Crippen molar-refractivity contribution in [3.8, 4) is 11.5 Å². The molecule has 5 nitrogen and oxygen atoms in total. The standard InChI is InChI=1S/C16H16N2O3/c1-20-15-8-4-11(9-16(15)21-2)3-7-14(19)13-6-5-12(17)10-18-13/h3-10H,17H2,1-2H3/b7-3+. The van der Waals surface area contributed by atoms with Gasteiger partial charge in [0.1, 0.15) is 5.69 Å². The molecule has 0 radical (unpaired) electrons. The lowest BCUT2D eigenvalue weighted by Gasteiger charge is -2.07. The fourth-order valence-corrected chi connectivity index (χ4v) is 1.76. The molecule has 108 valence electrons. The van der Waals surface area contributed by atoms with Crippen LogP contribution in [-0.4, -0.2) is 25.0 Å². The summed E-state index contributed by atoms with van der Waals surface area (Å²) in [6, 6.07) is 8.64. The number of aromatic nitrogens is 1. The van der Waals surface area contributed by atoms with Crippen molar-refractivity contribution in [3.63, 3.8) is 0 Å². The van der Waals surface area contributed by atoms with Gasteiger partial charge in [-0.05, 0) is 35.9 Å². The van der Waals surface area contributed by atoms with Crippen molar-refractivity contribution in [2.24, 2.45) is 0 Å². The number of hydrogen-bond acceptors (Lipinski definition) is 5. The Balaban J connectivity index is 2.17. The molecule has 2 aromatic rings. The molecule has 0 saturated carbocycles. The van der Waals surface area contributed by atoms with E-state index in [0.717, 1.165) is 5.56 Å². The van der Waals surface area contributed by atoms with Gasteiger partial charge in [0.05, 0.1) is 26.1 Å².